The van der Waals surface area contributed by atoms with Crippen molar-refractivity contribution in [2.45, 2.75) is 32.2 Å². The highest BCUT2D eigenvalue weighted by molar-refractivity contribution is 7.09. The minimum absolute atomic E-state index is 0. The summed E-state index contributed by atoms with van der Waals surface area (Å²) < 4.78 is 1.78. The summed E-state index contributed by atoms with van der Waals surface area (Å²) in [6, 6.07) is 5.62. The van der Waals surface area contributed by atoms with E-state index in [9.17, 15) is 14.9 Å². The molecule has 0 radical (unpaired) electrons. The molecule has 0 spiro atoms. The molecule has 1 aromatic heterocycles. The molecule has 3 rings (SSSR count). The summed E-state index contributed by atoms with van der Waals surface area (Å²) in [6.45, 7) is 0.127. The van der Waals surface area contributed by atoms with Crippen molar-refractivity contribution in [2.75, 3.05) is 0 Å². The first kappa shape index (κ1) is 17.6. The van der Waals surface area contributed by atoms with E-state index in [2.05, 4.69) is 0 Å². The molecule has 0 bridgehead atoms. The summed E-state index contributed by atoms with van der Waals surface area (Å²) in [7, 11) is 0. The Morgan fingerprint density at radius 2 is 1.91 bits per heavy atom. The minimum atomic E-state index is -0.486. The maximum absolute atomic E-state index is 12.4. The molecule has 122 valence electrons. The van der Waals surface area contributed by atoms with Gasteiger partial charge in [0.25, 0.3) is 5.69 Å². The normalized spacial score (nSPS) is 13.0. The van der Waals surface area contributed by atoms with Crippen molar-refractivity contribution in [3.05, 3.63) is 55.3 Å². The zero-order chi connectivity index (χ0) is 15.7. The van der Waals surface area contributed by atoms with E-state index in [1.165, 1.54) is 40.5 Å². The molecule has 1 aliphatic carbocycles. The first-order chi connectivity index (χ1) is 10.6. The van der Waals surface area contributed by atoms with E-state index >= 15 is 0 Å². The number of aryl methyl sites for hydroxylation is 1. The van der Waals surface area contributed by atoms with Crippen LogP contribution in [0, 0.1) is 15.5 Å². The van der Waals surface area contributed by atoms with Crippen molar-refractivity contribution in [2.24, 2.45) is 0 Å². The van der Waals surface area contributed by atoms with Gasteiger partial charge in [-0.15, -0.1) is 11.3 Å². The van der Waals surface area contributed by atoms with Crippen LogP contribution in [0.4, 0.5) is 5.69 Å². The Hall–Kier alpha value is -1.80. The smallest absolute Gasteiger partial charge is 0.269 e. The summed E-state index contributed by atoms with van der Waals surface area (Å²) in [4.78, 5) is 24.1. The molecular weight excluding hydrogens is 382 g/mol. The van der Waals surface area contributed by atoms with Crippen LogP contribution in [0.5, 0.6) is 0 Å². The maximum Gasteiger partial charge on any atom is 0.269 e. The predicted molar refractivity (Wildman–Crippen MR) is 82.2 cm³/mol. The fourth-order valence-corrected chi connectivity index (χ4v) is 3.82. The summed E-state index contributed by atoms with van der Waals surface area (Å²) in [5.41, 5.74) is 1.52. The Labute approximate surface area is 147 Å². The molecule has 8 heteroatoms. The summed E-state index contributed by atoms with van der Waals surface area (Å²) in [5.74, 6) is -0.125. The van der Waals surface area contributed by atoms with E-state index in [-0.39, 0.29) is 35.0 Å². The topological polar surface area (TPSA) is 89.0 Å². The number of carbonyl (C=O) groups excluding carboxylic acids is 1. The first-order valence-electron chi connectivity index (χ1n) is 7.10. The number of fused-ring (bicyclic) bond motifs is 1. The van der Waals surface area contributed by atoms with Crippen LogP contribution < -0.4 is 21.8 Å². The van der Waals surface area contributed by atoms with Gasteiger partial charge in [0.2, 0.25) is 0 Å². The lowest BCUT2D eigenvalue weighted by Crippen LogP contribution is -3.00. The monoisotopic (exact) mass is 396 g/mol. The van der Waals surface area contributed by atoms with Gasteiger partial charge in [-0.05, 0) is 37.8 Å². The fraction of sp³-hybridized carbons (Fsp3) is 0.333. The molecule has 23 heavy (non-hydrogen) atoms. The molecule has 0 unspecified atom stereocenters. The molecule has 0 saturated heterocycles. The molecule has 1 N–H and O–H groups in total. The zero-order valence-electron chi connectivity index (χ0n) is 12.3. The Bertz CT molecular complexity index is 795. The van der Waals surface area contributed by atoms with Crippen molar-refractivity contribution >= 4 is 22.8 Å². The Kier molecular flexibility index (Phi) is 5.48. The lowest BCUT2D eigenvalue weighted by Gasteiger charge is -2.14. The number of nitrogens with one attached hydrogen (secondary N) is 1. The van der Waals surface area contributed by atoms with Gasteiger partial charge in [-0.3, -0.25) is 20.3 Å². The van der Waals surface area contributed by atoms with Gasteiger partial charge in [0.1, 0.15) is 0 Å². The van der Waals surface area contributed by atoms with Gasteiger partial charge in [0, 0.05) is 28.3 Å². The number of carbonyl (C=O) groups is 1. The number of Topliss-reactive ketones (excluding diaryl/α,β-unsaturated/α-hetero) is 1. The molecule has 2 aromatic rings. The lowest BCUT2D eigenvalue weighted by molar-refractivity contribution is -0.384. The number of benzene rings is 1. The van der Waals surface area contributed by atoms with Crippen molar-refractivity contribution < 1.29 is 26.7 Å². The van der Waals surface area contributed by atoms with E-state index in [0.717, 1.165) is 31.4 Å². The number of hydrogen-bond donors (Lipinski definition) is 1. The summed E-state index contributed by atoms with van der Waals surface area (Å²) in [5, 5.41) is 18.7. The SMILES string of the molecule is N=c1sc2c(n1CC(=O)c1ccc([N+](=O)[O-])cc1)CCCC2.[Br-]. The third kappa shape index (κ3) is 3.59. The largest absolute Gasteiger partial charge is 1.00 e. The van der Waals surface area contributed by atoms with Crippen molar-refractivity contribution in [1.82, 2.24) is 4.57 Å². The van der Waals surface area contributed by atoms with Gasteiger partial charge in [0.05, 0.1) is 11.5 Å². The number of rotatable bonds is 4. The maximum atomic E-state index is 12.4. The van der Waals surface area contributed by atoms with Crippen LogP contribution in [0.25, 0.3) is 0 Å². The Morgan fingerprint density at radius 1 is 1.26 bits per heavy atom. The number of halogens is 1. The second-order valence-corrected chi connectivity index (χ2v) is 6.38. The Balaban J connectivity index is 0.00000192. The van der Waals surface area contributed by atoms with Gasteiger partial charge in [-0.1, -0.05) is 0 Å². The predicted octanol–water partition coefficient (Wildman–Crippen LogP) is -0.297. The molecule has 1 heterocycles. The molecule has 0 saturated carbocycles. The molecule has 0 aliphatic heterocycles. The molecule has 1 aliphatic rings. The number of nitro groups is 1. The van der Waals surface area contributed by atoms with Crippen molar-refractivity contribution in [3.63, 3.8) is 0 Å². The van der Waals surface area contributed by atoms with E-state index in [1.807, 2.05) is 0 Å². The minimum Gasteiger partial charge on any atom is -1.00 e. The average molecular weight is 397 g/mol. The number of nitrogens with zero attached hydrogens (tertiary/aromatic N) is 2. The third-order valence-corrected chi connectivity index (χ3v) is 4.98. The Morgan fingerprint density at radius 3 is 2.57 bits per heavy atom. The number of non-ortho nitro benzene ring substituents is 1. The molecule has 0 fully saturated rings. The van der Waals surface area contributed by atoms with Gasteiger partial charge in [0.15, 0.2) is 10.6 Å². The van der Waals surface area contributed by atoms with Gasteiger partial charge in [-0.2, -0.15) is 0 Å². The van der Waals surface area contributed by atoms with E-state index < -0.39 is 4.92 Å². The fourth-order valence-electron chi connectivity index (χ4n) is 2.72. The van der Waals surface area contributed by atoms with Crippen LogP contribution in [0.1, 0.15) is 33.8 Å². The van der Waals surface area contributed by atoms with Crippen LogP contribution >= 0.6 is 11.3 Å². The summed E-state index contributed by atoms with van der Waals surface area (Å²) in [6.07, 6.45) is 4.14. The number of thiazole rings is 1. The summed E-state index contributed by atoms with van der Waals surface area (Å²) >= 11 is 1.45. The second kappa shape index (κ2) is 7.18. The van der Waals surface area contributed by atoms with E-state index in [4.69, 9.17) is 5.41 Å². The van der Waals surface area contributed by atoms with Crippen molar-refractivity contribution in [3.8, 4) is 0 Å². The zero-order valence-corrected chi connectivity index (χ0v) is 14.7. The number of ketones is 1. The molecule has 0 atom stereocenters. The van der Waals surface area contributed by atoms with Crippen LogP contribution in [0.2, 0.25) is 0 Å². The van der Waals surface area contributed by atoms with E-state index in [1.54, 1.807) is 4.57 Å². The molecular formula is C15H15BrN3O3S-. The highest BCUT2D eigenvalue weighted by Crippen LogP contribution is 2.23. The average Bonchev–Trinajstić information content (AvgIpc) is 2.83. The third-order valence-electron chi connectivity index (χ3n) is 3.88. The van der Waals surface area contributed by atoms with Crippen molar-refractivity contribution in [1.29, 1.82) is 5.41 Å². The van der Waals surface area contributed by atoms with Gasteiger partial charge in [-0.25, -0.2) is 0 Å². The quantitative estimate of drug-likeness (QED) is 0.437. The molecule has 1 aromatic carbocycles. The molecule has 0 amide bonds. The standard InChI is InChI=1S/C15H15N3O3S.BrH/c16-15-17(12-3-1-2-4-14(12)22-15)9-13(19)10-5-7-11(8-6-10)18(20)21;/h5-8,16H,1-4,9H2;1H/p-1. The number of aromatic nitrogens is 1. The molecule has 6 nitrogen and oxygen atoms in total. The number of nitro benzene ring substituents is 1. The van der Waals surface area contributed by atoms with E-state index in [0.29, 0.717) is 10.4 Å². The second-order valence-electron chi connectivity index (χ2n) is 5.30. The lowest BCUT2D eigenvalue weighted by atomic mass is 10.0. The first-order valence-corrected chi connectivity index (χ1v) is 7.91. The van der Waals surface area contributed by atoms with Crippen LogP contribution in [0.15, 0.2) is 24.3 Å². The van der Waals surface area contributed by atoms with Crippen LogP contribution in [-0.4, -0.2) is 15.3 Å². The van der Waals surface area contributed by atoms with Crippen LogP contribution in [-0.2, 0) is 19.4 Å². The van der Waals surface area contributed by atoms with Crippen LogP contribution in [0.3, 0.4) is 0 Å². The highest BCUT2D eigenvalue weighted by Gasteiger charge is 2.19. The number of hydrogen-bond acceptors (Lipinski definition) is 5. The highest BCUT2D eigenvalue weighted by atomic mass is 79.9. The van der Waals surface area contributed by atoms with Gasteiger partial charge < -0.3 is 21.5 Å². The van der Waals surface area contributed by atoms with Gasteiger partial charge >= 0.3 is 0 Å².